The molecular formula is C26H18F3N7O. The van der Waals surface area contributed by atoms with Gasteiger partial charge in [-0.15, -0.1) is 0 Å². The summed E-state index contributed by atoms with van der Waals surface area (Å²) in [7, 11) is 0. The summed E-state index contributed by atoms with van der Waals surface area (Å²) in [6.07, 6.45) is 4.32. The van der Waals surface area contributed by atoms with E-state index in [9.17, 15) is 18.0 Å². The van der Waals surface area contributed by atoms with Crippen LogP contribution in [0.2, 0.25) is 0 Å². The molecule has 0 radical (unpaired) electrons. The van der Waals surface area contributed by atoms with Gasteiger partial charge in [-0.3, -0.25) is 4.79 Å². The van der Waals surface area contributed by atoms with Gasteiger partial charge in [-0.25, -0.2) is 33.1 Å². The summed E-state index contributed by atoms with van der Waals surface area (Å²) in [5.41, 5.74) is 6.68. The number of rotatable bonds is 4. The second kappa shape index (κ2) is 8.12. The van der Waals surface area contributed by atoms with Crippen molar-refractivity contribution in [3.63, 3.8) is 0 Å². The maximum atomic E-state index is 14.4. The lowest BCUT2D eigenvalue weighted by molar-refractivity contribution is -0.119. The Morgan fingerprint density at radius 2 is 1.78 bits per heavy atom. The summed E-state index contributed by atoms with van der Waals surface area (Å²) in [5, 5.41) is 2.79. The number of aromatic nitrogens is 5. The maximum Gasteiger partial charge on any atom is 0.240 e. The largest absolute Gasteiger partial charge is 0.383 e. The van der Waals surface area contributed by atoms with Crippen LogP contribution in [-0.4, -0.2) is 30.2 Å². The number of hydrogen-bond donors (Lipinski definition) is 2. The van der Waals surface area contributed by atoms with Crippen LogP contribution in [0.4, 0.5) is 24.8 Å². The smallest absolute Gasteiger partial charge is 0.240 e. The van der Waals surface area contributed by atoms with E-state index >= 15 is 0 Å². The van der Waals surface area contributed by atoms with E-state index in [1.54, 1.807) is 23.7 Å². The van der Waals surface area contributed by atoms with Crippen molar-refractivity contribution in [2.24, 2.45) is 0 Å². The molecule has 1 aliphatic rings. The van der Waals surface area contributed by atoms with Gasteiger partial charge in [-0.05, 0) is 24.6 Å². The second-order valence-corrected chi connectivity index (χ2v) is 8.83. The Balaban J connectivity index is 1.48. The molecule has 6 rings (SSSR count). The molecule has 1 aliphatic heterocycles. The molecule has 1 atom stereocenters. The average Bonchev–Trinajstić information content (AvgIpc) is 3.47. The van der Waals surface area contributed by atoms with Crippen molar-refractivity contribution in [3.05, 3.63) is 101 Å². The summed E-state index contributed by atoms with van der Waals surface area (Å²) in [5.74, 6) is -3.25. The highest BCUT2D eigenvalue weighted by Gasteiger charge is 2.47. The first-order valence-corrected chi connectivity index (χ1v) is 11.3. The third kappa shape index (κ3) is 3.42. The maximum absolute atomic E-state index is 14.4. The van der Waals surface area contributed by atoms with Crippen LogP contribution in [0.5, 0.6) is 0 Å². The number of amides is 1. The fourth-order valence-electron chi connectivity index (χ4n) is 4.69. The molecule has 3 N–H and O–H groups in total. The minimum atomic E-state index is -1.29. The molecule has 0 aliphatic carbocycles. The Labute approximate surface area is 208 Å². The van der Waals surface area contributed by atoms with Crippen molar-refractivity contribution in [2.75, 3.05) is 11.1 Å². The molecule has 0 bridgehead atoms. The molecule has 3 aromatic heterocycles. The molecule has 4 heterocycles. The van der Waals surface area contributed by atoms with E-state index in [2.05, 4.69) is 25.3 Å². The third-order valence-electron chi connectivity index (χ3n) is 6.63. The molecule has 0 spiro atoms. The van der Waals surface area contributed by atoms with E-state index in [0.717, 1.165) is 17.7 Å². The summed E-state index contributed by atoms with van der Waals surface area (Å²) >= 11 is 0. The van der Waals surface area contributed by atoms with Crippen LogP contribution in [0.25, 0.3) is 17.2 Å². The van der Waals surface area contributed by atoms with Gasteiger partial charge in [0.2, 0.25) is 5.91 Å². The number of nitrogens with zero attached hydrogens (tertiary/aromatic N) is 5. The second-order valence-electron chi connectivity index (χ2n) is 8.83. The van der Waals surface area contributed by atoms with Crippen molar-refractivity contribution >= 4 is 23.2 Å². The Kier molecular flexibility index (Phi) is 4.97. The number of anilines is 2. The fourth-order valence-corrected chi connectivity index (χ4v) is 4.69. The van der Waals surface area contributed by atoms with Gasteiger partial charge in [-0.2, -0.15) is 0 Å². The van der Waals surface area contributed by atoms with Crippen LogP contribution >= 0.6 is 0 Å². The number of carbonyl (C=O) groups excluding carboxylic acids is 1. The zero-order valence-corrected chi connectivity index (χ0v) is 19.3. The molecule has 0 saturated heterocycles. The van der Waals surface area contributed by atoms with Gasteiger partial charge in [0.25, 0.3) is 0 Å². The van der Waals surface area contributed by atoms with Crippen molar-refractivity contribution in [1.29, 1.82) is 0 Å². The summed E-state index contributed by atoms with van der Waals surface area (Å²) in [6, 6.07) is 10.7. The average molecular weight is 501 g/mol. The molecule has 0 fully saturated rings. The van der Waals surface area contributed by atoms with Crippen LogP contribution in [0, 0.1) is 17.5 Å². The topological polar surface area (TPSA) is 111 Å². The van der Waals surface area contributed by atoms with Crippen LogP contribution < -0.4 is 11.1 Å². The number of halogens is 3. The Hall–Kier alpha value is -4.80. The number of nitrogens with two attached hydrogens (primary N) is 1. The number of imidazole rings is 1. The van der Waals surface area contributed by atoms with Crippen molar-refractivity contribution in [1.82, 2.24) is 24.3 Å². The van der Waals surface area contributed by atoms with E-state index in [-0.39, 0.29) is 41.2 Å². The van der Waals surface area contributed by atoms with Gasteiger partial charge in [0.15, 0.2) is 23.1 Å². The monoisotopic (exact) mass is 501 g/mol. The van der Waals surface area contributed by atoms with Crippen molar-refractivity contribution in [3.8, 4) is 11.5 Å². The summed E-state index contributed by atoms with van der Waals surface area (Å²) in [4.78, 5) is 30.7. The number of benzene rings is 2. The number of hydrogen-bond acceptors (Lipinski definition) is 6. The lowest BCUT2D eigenvalue weighted by Gasteiger charge is -2.23. The molecule has 1 unspecified atom stereocenters. The Morgan fingerprint density at radius 1 is 1.03 bits per heavy atom. The number of nitrogen functional groups attached to an aromatic ring is 1. The normalized spacial score (nSPS) is 16.7. The van der Waals surface area contributed by atoms with Gasteiger partial charge in [0.1, 0.15) is 28.6 Å². The van der Waals surface area contributed by atoms with Crippen LogP contribution in [-0.2, 0) is 16.6 Å². The van der Waals surface area contributed by atoms with E-state index in [0.29, 0.717) is 11.2 Å². The highest BCUT2D eigenvalue weighted by atomic mass is 19.2. The van der Waals surface area contributed by atoms with Gasteiger partial charge < -0.3 is 15.5 Å². The van der Waals surface area contributed by atoms with Crippen LogP contribution in [0.1, 0.15) is 29.3 Å². The molecular weight excluding hydrogens is 483 g/mol. The molecule has 2 aromatic carbocycles. The van der Waals surface area contributed by atoms with Crippen molar-refractivity contribution < 1.29 is 18.0 Å². The molecule has 184 valence electrons. The van der Waals surface area contributed by atoms with Gasteiger partial charge >= 0.3 is 0 Å². The number of nitrogens with one attached hydrogen (secondary N) is 1. The predicted molar refractivity (Wildman–Crippen MR) is 129 cm³/mol. The van der Waals surface area contributed by atoms with Gasteiger partial charge in [-0.1, -0.05) is 30.3 Å². The standard InChI is InChI=1S/C26H18F3N7O/c1-26(13-5-3-2-4-6-13)19-21(30)33-22(34-23(19)35-25(26)37)18-12-36-10-9-31-24(36)17(32-18)11-14-15(27)7-8-16(28)20(14)29/h2-10,12H,11H2,1H3,(H3,30,33,34,35,37). The highest BCUT2D eigenvalue weighted by molar-refractivity contribution is 6.09. The van der Waals surface area contributed by atoms with Gasteiger partial charge in [0.05, 0.1) is 11.3 Å². The predicted octanol–water partition coefficient (Wildman–Crippen LogP) is 4.03. The Bertz CT molecular complexity index is 1720. The SMILES string of the molecule is CC1(c2ccccc2)C(=O)Nc2nc(-c3cn4ccnc4c(Cc4c(F)ccc(F)c4F)n3)nc(N)c21. The third-order valence-corrected chi connectivity index (χ3v) is 6.63. The molecule has 0 saturated carbocycles. The molecule has 37 heavy (non-hydrogen) atoms. The fraction of sp³-hybridized carbons (Fsp3) is 0.115. The molecule has 11 heteroatoms. The van der Waals surface area contributed by atoms with E-state index < -0.39 is 28.4 Å². The minimum Gasteiger partial charge on any atom is -0.383 e. The first kappa shape index (κ1) is 22.7. The molecule has 1 amide bonds. The zero-order chi connectivity index (χ0) is 25.9. The summed E-state index contributed by atoms with van der Waals surface area (Å²) < 4.78 is 44.2. The lowest BCUT2D eigenvalue weighted by Crippen LogP contribution is -2.32. The van der Waals surface area contributed by atoms with Gasteiger partial charge in [0, 0.05) is 30.6 Å². The van der Waals surface area contributed by atoms with E-state index in [1.807, 2.05) is 30.3 Å². The van der Waals surface area contributed by atoms with E-state index in [1.165, 1.54) is 6.20 Å². The molecule has 8 nitrogen and oxygen atoms in total. The zero-order valence-electron chi connectivity index (χ0n) is 19.3. The number of fused-ring (bicyclic) bond motifs is 2. The Morgan fingerprint density at radius 3 is 2.57 bits per heavy atom. The van der Waals surface area contributed by atoms with Crippen molar-refractivity contribution in [2.45, 2.75) is 18.8 Å². The minimum absolute atomic E-state index is 0.0843. The van der Waals surface area contributed by atoms with Crippen LogP contribution in [0.3, 0.4) is 0 Å². The first-order valence-electron chi connectivity index (χ1n) is 11.3. The van der Waals surface area contributed by atoms with E-state index in [4.69, 9.17) is 5.73 Å². The van der Waals surface area contributed by atoms with Crippen LogP contribution in [0.15, 0.2) is 61.1 Å². The highest BCUT2D eigenvalue weighted by Crippen LogP contribution is 2.44. The first-order chi connectivity index (χ1) is 17.8. The summed E-state index contributed by atoms with van der Waals surface area (Å²) in [6.45, 7) is 1.75. The lowest BCUT2D eigenvalue weighted by atomic mass is 9.78. The number of carbonyl (C=O) groups is 1. The quantitative estimate of drug-likeness (QED) is 0.360. The molecule has 5 aromatic rings.